The zero-order chi connectivity index (χ0) is 17.5. The zero-order valence-corrected chi connectivity index (χ0v) is 17.2. The van der Waals surface area contributed by atoms with Gasteiger partial charge >= 0.3 is 0 Å². The van der Waals surface area contributed by atoms with Gasteiger partial charge < -0.3 is 39.6 Å². The van der Waals surface area contributed by atoms with E-state index in [1.165, 1.54) is 11.1 Å². The molecule has 6 heteroatoms. The number of β-amino-alcohol motifs (C(OH)–C–C–N with tert-alkyl or cyclic N) is 1. The minimum Gasteiger partial charge on any atom is -1.00 e. The van der Waals surface area contributed by atoms with Gasteiger partial charge in [0.2, 0.25) is 0 Å². The van der Waals surface area contributed by atoms with Gasteiger partial charge in [0.25, 0.3) is 0 Å². The van der Waals surface area contributed by atoms with E-state index in [0.717, 1.165) is 38.5 Å². The van der Waals surface area contributed by atoms with E-state index in [-0.39, 0.29) is 24.8 Å². The number of likely N-dealkylation sites (N-methyl/N-ethyl adjacent to an activating group) is 1. The molecule has 150 valence electrons. The Hall–Kier alpha value is -1.30. The fourth-order valence-corrected chi connectivity index (χ4v) is 3.21. The van der Waals surface area contributed by atoms with Crippen LogP contribution in [0.3, 0.4) is 0 Å². The second kappa shape index (κ2) is 12.2. The smallest absolute Gasteiger partial charge is 0.119 e. The number of halogens is 2. The van der Waals surface area contributed by atoms with Crippen LogP contribution in [0.1, 0.15) is 6.92 Å². The number of aliphatic hydroxyl groups is 1. The number of hydrogen-bond acceptors (Lipinski definition) is 4. The summed E-state index contributed by atoms with van der Waals surface area (Å²) in [6, 6.07) is 18.3. The van der Waals surface area contributed by atoms with Gasteiger partial charge in [-0.15, -0.1) is 0 Å². The molecule has 4 nitrogen and oxygen atoms in total. The lowest BCUT2D eigenvalue weighted by Gasteiger charge is -2.34. The molecule has 0 bridgehead atoms. The van der Waals surface area contributed by atoms with Gasteiger partial charge in [-0.3, -0.25) is 4.90 Å². The van der Waals surface area contributed by atoms with Crippen molar-refractivity contribution in [1.29, 1.82) is 0 Å². The van der Waals surface area contributed by atoms with Crippen LogP contribution in [-0.4, -0.2) is 66.9 Å². The monoisotopic (exact) mass is 410 g/mol. The van der Waals surface area contributed by atoms with Gasteiger partial charge in [-0.1, -0.05) is 49.4 Å². The molecule has 1 fully saturated rings. The van der Waals surface area contributed by atoms with Crippen molar-refractivity contribution < 1.29 is 34.7 Å². The topological polar surface area (TPSA) is 35.9 Å². The first-order valence-electron chi connectivity index (χ1n) is 9.15. The minimum atomic E-state index is -0.457. The third kappa shape index (κ3) is 7.32. The zero-order valence-electron chi connectivity index (χ0n) is 15.7. The summed E-state index contributed by atoms with van der Waals surface area (Å²) in [5.74, 6) is 0.800. The molecule has 1 atom stereocenters. The van der Waals surface area contributed by atoms with Crippen LogP contribution in [0.4, 0.5) is 0 Å². The molecule has 1 unspecified atom stereocenters. The van der Waals surface area contributed by atoms with E-state index in [1.807, 2.05) is 30.3 Å². The highest BCUT2D eigenvalue weighted by atomic mass is 35.5. The summed E-state index contributed by atoms with van der Waals surface area (Å²) in [6.45, 7) is 8.54. The molecule has 0 aliphatic carbocycles. The van der Waals surface area contributed by atoms with Crippen LogP contribution in [0, 0.1) is 0 Å². The SMILES string of the molecule is CCN1CCN(CC(O)COc2ccc(-c3ccccc3)cc2)CC1.[Cl-].[Cl-]. The molecule has 1 aliphatic rings. The van der Waals surface area contributed by atoms with Crippen LogP contribution in [0.5, 0.6) is 5.75 Å². The molecular formula is C21H28Cl2N2O2-2. The summed E-state index contributed by atoms with van der Waals surface area (Å²) >= 11 is 0. The molecule has 0 spiro atoms. The molecule has 0 saturated carbocycles. The highest BCUT2D eigenvalue weighted by molar-refractivity contribution is 5.63. The van der Waals surface area contributed by atoms with E-state index in [1.54, 1.807) is 0 Å². The first-order chi connectivity index (χ1) is 12.2. The van der Waals surface area contributed by atoms with Gasteiger partial charge in [0.05, 0.1) is 0 Å². The van der Waals surface area contributed by atoms with Gasteiger partial charge in [0, 0.05) is 32.7 Å². The van der Waals surface area contributed by atoms with Crippen molar-refractivity contribution in [2.75, 3.05) is 45.9 Å². The molecule has 1 saturated heterocycles. The van der Waals surface area contributed by atoms with Crippen molar-refractivity contribution in [2.24, 2.45) is 0 Å². The Morgan fingerprint density at radius 3 is 2.00 bits per heavy atom. The van der Waals surface area contributed by atoms with Crippen LogP contribution >= 0.6 is 0 Å². The molecule has 1 N–H and O–H groups in total. The molecule has 1 aliphatic heterocycles. The molecule has 0 aromatic heterocycles. The van der Waals surface area contributed by atoms with Gasteiger partial charge in [0.15, 0.2) is 0 Å². The van der Waals surface area contributed by atoms with Crippen molar-refractivity contribution in [3.63, 3.8) is 0 Å². The normalized spacial score (nSPS) is 16.1. The first kappa shape index (κ1) is 23.7. The van der Waals surface area contributed by atoms with E-state index in [9.17, 15) is 5.11 Å². The van der Waals surface area contributed by atoms with Gasteiger partial charge in [-0.2, -0.15) is 0 Å². The molecule has 1 heterocycles. The van der Waals surface area contributed by atoms with Crippen molar-refractivity contribution in [1.82, 2.24) is 9.80 Å². The predicted molar refractivity (Wildman–Crippen MR) is 102 cm³/mol. The summed E-state index contributed by atoms with van der Waals surface area (Å²) < 4.78 is 5.76. The number of ether oxygens (including phenoxy) is 1. The first-order valence-corrected chi connectivity index (χ1v) is 9.15. The van der Waals surface area contributed by atoms with Gasteiger partial charge in [0.1, 0.15) is 18.5 Å². The van der Waals surface area contributed by atoms with Crippen molar-refractivity contribution in [3.05, 3.63) is 54.6 Å². The average molecular weight is 411 g/mol. The summed E-state index contributed by atoms with van der Waals surface area (Å²) in [6.07, 6.45) is -0.457. The summed E-state index contributed by atoms with van der Waals surface area (Å²) in [4.78, 5) is 4.76. The Balaban J connectivity index is 0.00000182. The maximum absolute atomic E-state index is 10.2. The molecule has 0 amide bonds. The average Bonchev–Trinajstić information content (AvgIpc) is 2.68. The van der Waals surface area contributed by atoms with E-state index in [2.05, 4.69) is 41.0 Å². The summed E-state index contributed by atoms with van der Waals surface area (Å²) in [5.41, 5.74) is 2.36. The van der Waals surface area contributed by atoms with E-state index in [0.29, 0.717) is 13.2 Å². The fourth-order valence-electron chi connectivity index (χ4n) is 3.21. The maximum Gasteiger partial charge on any atom is 0.119 e. The lowest BCUT2D eigenvalue weighted by atomic mass is 10.1. The molecule has 0 radical (unpaired) electrons. The van der Waals surface area contributed by atoms with Gasteiger partial charge in [-0.25, -0.2) is 0 Å². The molecule has 2 aromatic rings. The second-order valence-electron chi connectivity index (χ2n) is 6.59. The number of benzene rings is 2. The molecule has 2 aromatic carbocycles. The summed E-state index contributed by atoms with van der Waals surface area (Å²) in [5, 5.41) is 10.2. The van der Waals surface area contributed by atoms with E-state index >= 15 is 0 Å². The number of hydrogen-bond donors (Lipinski definition) is 1. The number of rotatable bonds is 7. The van der Waals surface area contributed by atoms with Crippen LogP contribution < -0.4 is 29.6 Å². The third-order valence-electron chi connectivity index (χ3n) is 4.78. The van der Waals surface area contributed by atoms with Crippen molar-refractivity contribution in [3.8, 4) is 16.9 Å². The van der Waals surface area contributed by atoms with Crippen molar-refractivity contribution in [2.45, 2.75) is 13.0 Å². The lowest BCUT2D eigenvalue weighted by molar-refractivity contribution is -0.00100. The maximum atomic E-state index is 10.2. The number of nitrogens with zero attached hydrogens (tertiary/aromatic N) is 2. The Morgan fingerprint density at radius 2 is 1.41 bits per heavy atom. The fraction of sp³-hybridized carbons (Fsp3) is 0.429. The van der Waals surface area contributed by atoms with Gasteiger partial charge in [-0.05, 0) is 29.8 Å². The predicted octanol–water partition coefficient (Wildman–Crippen LogP) is -3.26. The lowest BCUT2D eigenvalue weighted by Crippen LogP contribution is -3.00. The quantitative estimate of drug-likeness (QED) is 0.519. The Kier molecular flexibility index (Phi) is 10.7. The van der Waals surface area contributed by atoms with Crippen LogP contribution in [0.2, 0.25) is 0 Å². The van der Waals surface area contributed by atoms with Crippen LogP contribution in [-0.2, 0) is 0 Å². The third-order valence-corrected chi connectivity index (χ3v) is 4.78. The molecule has 3 rings (SSSR count). The van der Waals surface area contributed by atoms with Crippen LogP contribution in [0.25, 0.3) is 11.1 Å². The Morgan fingerprint density at radius 1 is 0.852 bits per heavy atom. The highest BCUT2D eigenvalue weighted by Crippen LogP contribution is 2.22. The number of piperazine rings is 1. The summed E-state index contributed by atoms with van der Waals surface area (Å²) in [7, 11) is 0. The van der Waals surface area contributed by atoms with E-state index < -0.39 is 6.10 Å². The highest BCUT2D eigenvalue weighted by Gasteiger charge is 2.18. The largest absolute Gasteiger partial charge is 1.00 e. The number of aliphatic hydroxyl groups excluding tert-OH is 1. The Labute approximate surface area is 175 Å². The Bertz CT molecular complexity index is 632. The van der Waals surface area contributed by atoms with E-state index in [4.69, 9.17) is 4.74 Å². The minimum absolute atomic E-state index is 0. The van der Waals surface area contributed by atoms with Crippen molar-refractivity contribution >= 4 is 0 Å². The molecular weight excluding hydrogens is 383 g/mol. The molecule has 27 heavy (non-hydrogen) atoms. The van der Waals surface area contributed by atoms with Crippen LogP contribution in [0.15, 0.2) is 54.6 Å². The second-order valence-corrected chi connectivity index (χ2v) is 6.59. The standard InChI is InChI=1S/C21H28N2O2.2ClH/c1-2-22-12-14-23(15-13-22)16-20(24)17-25-21-10-8-19(9-11-21)18-6-4-3-5-7-18;;/h3-11,20,24H,2,12-17H2,1H3;2*1H/p-2.